The van der Waals surface area contributed by atoms with Crippen LogP contribution < -0.4 is 10.6 Å². The minimum Gasteiger partial charge on any atom is -0.453 e. The van der Waals surface area contributed by atoms with Gasteiger partial charge in [-0.1, -0.05) is 52.0 Å². The summed E-state index contributed by atoms with van der Waals surface area (Å²) >= 11 is 1.69. The quantitative estimate of drug-likeness (QED) is 0.118. The summed E-state index contributed by atoms with van der Waals surface area (Å²) in [5.74, 6) is 0.959. The molecule has 2 fully saturated rings. The van der Waals surface area contributed by atoms with Crippen LogP contribution in [0.4, 0.5) is 9.59 Å². The number of hydrogen-bond donors (Lipinski definition) is 4. The molecule has 0 bridgehead atoms. The van der Waals surface area contributed by atoms with Crippen molar-refractivity contribution < 1.29 is 28.7 Å². The minimum absolute atomic E-state index is 0.108. The monoisotopic (exact) mass is 768 g/mol. The lowest BCUT2D eigenvalue weighted by atomic mass is 10.0. The number of nitrogens with one attached hydrogen (secondary N) is 4. The molecular weight excluding hydrogens is 721 g/mol. The average molecular weight is 769 g/mol. The zero-order chi connectivity index (χ0) is 39.0. The molecule has 2 aliphatic heterocycles. The van der Waals surface area contributed by atoms with Gasteiger partial charge in [-0.05, 0) is 65.8 Å². The van der Waals surface area contributed by atoms with Gasteiger partial charge >= 0.3 is 12.2 Å². The van der Waals surface area contributed by atoms with Gasteiger partial charge in [0.2, 0.25) is 11.8 Å². The molecule has 4 amide bonds. The van der Waals surface area contributed by atoms with Crippen LogP contribution >= 0.6 is 11.3 Å². The summed E-state index contributed by atoms with van der Waals surface area (Å²) in [4.78, 5) is 72.3. The topological polar surface area (TPSA) is 175 Å². The third-order valence-electron chi connectivity index (χ3n) is 10.8. The van der Waals surface area contributed by atoms with Crippen LogP contribution in [0.25, 0.3) is 42.7 Å². The van der Waals surface area contributed by atoms with Gasteiger partial charge in [0.15, 0.2) is 0 Å². The van der Waals surface area contributed by atoms with Crippen molar-refractivity contribution in [1.82, 2.24) is 40.4 Å². The van der Waals surface area contributed by atoms with Gasteiger partial charge in [0.05, 0.1) is 55.0 Å². The fourth-order valence-corrected chi connectivity index (χ4v) is 8.96. The van der Waals surface area contributed by atoms with Gasteiger partial charge in [-0.15, -0.1) is 11.3 Å². The number of carbonyl (C=O) groups is 4. The van der Waals surface area contributed by atoms with Crippen molar-refractivity contribution in [2.45, 2.75) is 77.5 Å². The summed E-state index contributed by atoms with van der Waals surface area (Å²) in [5, 5.41) is 8.75. The molecule has 290 valence electrons. The SMILES string of the molecule is COC(=O)N[C@H](C(=O)N1CCC[C@H]1c1ncc(-c2ccc3c(ccc4cc(-c5cnc([C@@H]6CCCN6C(=O)[C@@H](NC(=O)OC)C(C)C)[nH]5)sc43)c2)[nH]1)C(C)C. The lowest BCUT2D eigenvalue weighted by Crippen LogP contribution is -2.51. The van der Waals surface area contributed by atoms with Crippen LogP contribution in [0.15, 0.2) is 48.8 Å². The van der Waals surface area contributed by atoms with Crippen LogP contribution in [0.5, 0.6) is 0 Å². The molecule has 0 unspecified atom stereocenters. The van der Waals surface area contributed by atoms with E-state index in [-0.39, 0.29) is 35.7 Å². The molecule has 5 aromatic rings. The number of aromatic nitrogens is 4. The third kappa shape index (κ3) is 7.49. The highest BCUT2D eigenvalue weighted by Crippen LogP contribution is 2.40. The predicted molar refractivity (Wildman–Crippen MR) is 210 cm³/mol. The predicted octanol–water partition coefficient (Wildman–Crippen LogP) is 6.92. The first-order chi connectivity index (χ1) is 26.5. The number of H-pyrrole nitrogens is 2. The number of ether oxygens (including phenoxy) is 2. The largest absolute Gasteiger partial charge is 0.453 e. The smallest absolute Gasteiger partial charge is 0.407 e. The van der Waals surface area contributed by atoms with Crippen LogP contribution in [0.3, 0.4) is 0 Å². The number of imidazole rings is 2. The minimum atomic E-state index is -0.693. The second-order valence-electron chi connectivity index (χ2n) is 15.0. The lowest BCUT2D eigenvalue weighted by Gasteiger charge is -2.30. The maximum Gasteiger partial charge on any atom is 0.407 e. The van der Waals surface area contributed by atoms with E-state index in [1.54, 1.807) is 11.3 Å². The van der Waals surface area contributed by atoms with Crippen molar-refractivity contribution in [2.75, 3.05) is 27.3 Å². The molecule has 2 saturated heterocycles. The molecule has 5 heterocycles. The Morgan fingerprint density at radius 2 is 1.27 bits per heavy atom. The van der Waals surface area contributed by atoms with E-state index in [0.29, 0.717) is 13.1 Å². The van der Waals surface area contributed by atoms with E-state index in [4.69, 9.17) is 19.4 Å². The molecule has 0 spiro atoms. The Labute approximate surface area is 323 Å². The van der Waals surface area contributed by atoms with Gasteiger partial charge in [-0.3, -0.25) is 9.59 Å². The number of rotatable bonds is 10. The Kier molecular flexibility index (Phi) is 10.8. The molecule has 0 aliphatic carbocycles. The molecule has 55 heavy (non-hydrogen) atoms. The number of aromatic amines is 2. The number of carbonyl (C=O) groups excluding carboxylic acids is 4. The summed E-state index contributed by atoms with van der Waals surface area (Å²) in [6, 6.07) is 11.0. The number of thiophene rings is 1. The zero-order valence-corrected chi connectivity index (χ0v) is 32.8. The van der Waals surface area contributed by atoms with Crippen LogP contribution in [-0.4, -0.2) is 93.1 Å². The fourth-order valence-electron chi connectivity index (χ4n) is 7.80. The maximum atomic E-state index is 13.6. The summed E-state index contributed by atoms with van der Waals surface area (Å²) < 4.78 is 10.7. The third-order valence-corrected chi connectivity index (χ3v) is 12.0. The van der Waals surface area contributed by atoms with Crippen molar-refractivity contribution in [3.8, 4) is 21.8 Å². The molecule has 14 nitrogen and oxygen atoms in total. The Bertz CT molecular complexity index is 2220. The second kappa shape index (κ2) is 15.7. The van der Waals surface area contributed by atoms with Crippen LogP contribution in [0.1, 0.15) is 77.1 Å². The van der Waals surface area contributed by atoms with Crippen molar-refractivity contribution in [3.63, 3.8) is 0 Å². The van der Waals surface area contributed by atoms with Crippen molar-refractivity contribution in [2.24, 2.45) is 11.8 Å². The molecule has 2 aliphatic rings. The molecule has 4 atom stereocenters. The highest BCUT2D eigenvalue weighted by molar-refractivity contribution is 7.23. The molecule has 3 aromatic heterocycles. The first-order valence-electron chi connectivity index (χ1n) is 18.8. The molecular formula is C40H48N8O6S. The fraction of sp³-hybridized carbons (Fsp3) is 0.450. The Hall–Kier alpha value is -5.44. The van der Waals surface area contributed by atoms with Crippen LogP contribution in [0, 0.1) is 11.8 Å². The lowest BCUT2D eigenvalue weighted by molar-refractivity contribution is -0.136. The molecule has 4 N–H and O–H groups in total. The van der Waals surface area contributed by atoms with Crippen molar-refractivity contribution in [1.29, 1.82) is 0 Å². The average Bonchev–Trinajstić information content (AvgIpc) is 4.03. The van der Waals surface area contributed by atoms with E-state index in [1.807, 2.05) is 49.9 Å². The van der Waals surface area contributed by atoms with Crippen LogP contribution in [-0.2, 0) is 19.1 Å². The summed E-state index contributed by atoms with van der Waals surface area (Å²) in [6.07, 6.45) is 5.65. The van der Waals surface area contributed by atoms with E-state index in [2.05, 4.69) is 57.0 Å². The Balaban J connectivity index is 1.09. The number of nitrogens with zero attached hydrogens (tertiary/aromatic N) is 4. The van der Waals surface area contributed by atoms with Gasteiger partial charge in [-0.25, -0.2) is 19.6 Å². The highest BCUT2D eigenvalue weighted by atomic mass is 32.1. The number of alkyl carbamates (subject to hydrolysis) is 2. The summed E-state index contributed by atoms with van der Waals surface area (Å²) in [7, 11) is 2.58. The molecule has 15 heteroatoms. The van der Waals surface area contributed by atoms with Gasteiger partial charge < -0.3 is 39.9 Å². The van der Waals surface area contributed by atoms with Crippen molar-refractivity contribution in [3.05, 3.63) is 60.4 Å². The molecule has 0 saturated carbocycles. The maximum absolute atomic E-state index is 13.6. The molecule has 7 rings (SSSR count). The number of fused-ring (bicyclic) bond motifs is 3. The van der Waals surface area contributed by atoms with Gasteiger partial charge in [-0.2, -0.15) is 0 Å². The Morgan fingerprint density at radius 3 is 1.82 bits per heavy atom. The van der Waals surface area contributed by atoms with E-state index in [9.17, 15) is 19.2 Å². The second-order valence-corrected chi connectivity index (χ2v) is 16.0. The Morgan fingerprint density at radius 1 is 0.745 bits per heavy atom. The molecule has 0 radical (unpaired) electrons. The normalized spacial score (nSPS) is 18.3. The van der Waals surface area contributed by atoms with Crippen molar-refractivity contribution >= 4 is 56.2 Å². The summed E-state index contributed by atoms with van der Waals surface area (Å²) in [5.41, 5.74) is 2.74. The van der Waals surface area contributed by atoms with E-state index in [1.165, 1.54) is 14.2 Å². The highest BCUT2D eigenvalue weighted by Gasteiger charge is 2.39. The zero-order valence-electron chi connectivity index (χ0n) is 32.0. The van der Waals surface area contributed by atoms with E-state index >= 15 is 0 Å². The van der Waals surface area contributed by atoms with Gasteiger partial charge in [0.1, 0.15) is 23.7 Å². The van der Waals surface area contributed by atoms with E-state index < -0.39 is 24.3 Å². The number of methoxy groups -OCH3 is 2. The number of likely N-dealkylation sites (tertiary alicyclic amines) is 2. The summed E-state index contributed by atoms with van der Waals surface area (Å²) in [6.45, 7) is 8.80. The van der Waals surface area contributed by atoms with Crippen LogP contribution in [0.2, 0.25) is 0 Å². The van der Waals surface area contributed by atoms with Gasteiger partial charge in [0, 0.05) is 23.4 Å². The standard InChI is InChI=1S/C40H48N8O6S/c1-21(2)32(45-39(51)53-5)37(49)47-15-7-9-29(47)35-41-19-27(43-35)24-13-14-26-23(17-24)11-12-25-18-31(55-34(25)26)28-20-42-36(44-28)30-10-8-16-48(30)38(50)33(22(3)4)46-40(52)54-6/h11-14,17-22,29-30,32-33H,7-10,15-16H2,1-6H3,(H,41,43)(H,42,44)(H,45,51)(H,46,52)/t29-,30-,32-,33-/m0/s1. The van der Waals surface area contributed by atoms with E-state index in [0.717, 1.165) is 80.0 Å². The number of hydrogen-bond acceptors (Lipinski definition) is 9. The number of benzene rings is 2. The number of amides is 4. The first kappa shape index (κ1) is 37.9. The first-order valence-corrected chi connectivity index (χ1v) is 19.7. The molecule has 2 aromatic carbocycles. The van der Waals surface area contributed by atoms with Gasteiger partial charge in [0.25, 0.3) is 0 Å².